The van der Waals surface area contributed by atoms with Gasteiger partial charge in [-0.2, -0.15) is 0 Å². The number of hydrogen-bond donors (Lipinski definition) is 2. The summed E-state index contributed by atoms with van der Waals surface area (Å²) in [5.41, 5.74) is 0.523. The number of carbonyl (C=O) groups is 2. The fourth-order valence-corrected chi connectivity index (χ4v) is 2.73. The Morgan fingerprint density at radius 1 is 1.20 bits per heavy atom. The SMILES string of the molecule is CCCCOc1ccc(C(=O)NCC(=O)NC2CCN(C)CC2)cc1. The zero-order valence-electron chi connectivity index (χ0n) is 15.2. The molecule has 0 atom stereocenters. The van der Waals surface area contributed by atoms with Crippen molar-refractivity contribution in [1.29, 1.82) is 0 Å². The van der Waals surface area contributed by atoms with E-state index in [0.717, 1.165) is 44.5 Å². The molecule has 1 saturated heterocycles. The van der Waals surface area contributed by atoms with Crippen molar-refractivity contribution in [3.8, 4) is 5.75 Å². The molecule has 2 N–H and O–H groups in total. The van der Waals surface area contributed by atoms with Crippen LogP contribution in [0.3, 0.4) is 0 Å². The van der Waals surface area contributed by atoms with Gasteiger partial charge in [0.05, 0.1) is 13.2 Å². The Labute approximate surface area is 149 Å². The van der Waals surface area contributed by atoms with Crippen molar-refractivity contribution in [2.45, 2.75) is 38.6 Å². The van der Waals surface area contributed by atoms with Crippen molar-refractivity contribution in [1.82, 2.24) is 15.5 Å². The molecule has 1 fully saturated rings. The standard InChI is InChI=1S/C19H29N3O3/c1-3-4-13-25-17-7-5-15(6-8-17)19(24)20-14-18(23)21-16-9-11-22(2)12-10-16/h5-8,16H,3-4,9-14H2,1-2H3,(H,20,24)(H,21,23). The van der Waals surface area contributed by atoms with Gasteiger partial charge < -0.3 is 20.3 Å². The molecule has 25 heavy (non-hydrogen) atoms. The van der Waals surface area contributed by atoms with Crippen LogP contribution in [0.25, 0.3) is 0 Å². The molecule has 1 aromatic rings. The van der Waals surface area contributed by atoms with Crippen molar-refractivity contribution >= 4 is 11.8 Å². The molecule has 2 amide bonds. The van der Waals surface area contributed by atoms with Crippen molar-refractivity contribution in [2.24, 2.45) is 0 Å². The fraction of sp³-hybridized carbons (Fsp3) is 0.579. The van der Waals surface area contributed by atoms with Gasteiger partial charge in [-0.1, -0.05) is 13.3 Å². The number of likely N-dealkylation sites (tertiary alicyclic amines) is 1. The summed E-state index contributed by atoms with van der Waals surface area (Å²) in [6.07, 6.45) is 4.00. The average molecular weight is 347 g/mol. The van der Waals surface area contributed by atoms with Crippen LogP contribution in [0.2, 0.25) is 0 Å². The maximum Gasteiger partial charge on any atom is 0.251 e. The molecule has 0 aliphatic carbocycles. The van der Waals surface area contributed by atoms with Crippen LogP contribution in [0.1, 0.15) is 43.0 Å². The number of hydrogen-bond acceptors (Lipinski definition) is 4. The smallest absolute Gasteiger partial charge is 0.251 e. The molecule has 0 spiro atoms. The van der Waals surface area contributed by atoms with Crippen molar-refractivity contribution in [3.63, 3.8) is 0 Å². The third-order valence-electron chi connectivity index (χ3n) is 4.38. The van der Waals surface area contributed by atoms with Gasteiger partial charge in [-0.05, 0) is 63.7 Å². The number of piperidine rings is 1. The molecule has 0 bridgehead atoms. The molecule has 0 aromatic heterocycles. The second kappa shape index (κ2) is 10.0. The Kier molecular flexibility index (Phi) is 7.73. The molecule has 2 rings (SSSR count). The van der Waals surface area contributed by atoms with Crippen LogP contribution in [0, 0.1) is 0 Å². The second-order valence-corrected chi connectivity index (χ2v) is 6.55. The van der Waals surface area contributed by atoms with Crippen LogP contribution < -0.4 is 15.4 Å². The van der Waals surface area contributed by atoms with E-state index in [-0.39, 0.29) is 24.4 Å². The monoisotopic (exact) mass is 347 g/mol. The van der Waals surface area contributed by atoms with Gasteiger partial charge in [-0.3, -0.25) is 9.59 Å². The number of carbonyl (C=O) groups excluding carboxylic acids is 2. The molecular formula is C19H29N3O3. The lowest BCUT2D eigenvalue weighted by molar-refractivity contribution is -0.121. The van der Waals surface area contributed by atoms with E-state index >= 15 is 0 Å². The molecule has 6 heteroatoms. The maximum absolute atomic E-state index is 12.1. The van der Waals surface area contributed by atoms with E-state index in [9.17, 15) is 9.59 Å². The summed E-state index contributed by atoms with van der Waals surface area (Å²) in [7, 11) is 2.08. The predicted octanol–water partition coefficient (Wildman–Crippen LogP) is 1.81. The van der Waals surface area contributed by atoms with Gasteiger partial charge in [0.1, 0.15) is 5.75 Å². The molecule has 1 aliphatic heterocycles. The van der Waals surface area contributed by atoms with Crippen LogP contribution >= 0.6 is 0 Å². The Morgan fingerprint density at radius 2 is 1.88 bits per heavy atom. The van der Waals surface area contributed by atoms with Gasteiger partial charge in [0, 0.05) is 11.6 Å². The zero-order chi connectivity index (χ0) is 18.1. The highest BCUT2D eigenvalue weighted by Crippen LogP contribution is 2.12. The number of benzene rings is 1. The molecule has 0 saturated carbocycles. The molecule has 1 aliphatic rings. The van der Waals surface area contributed by atoms with Gasteiger partial charge in [-0.25, -0.2) is 0 Å². The van der Waals surface area contributed by atoms with Crippen molar-refractivity contribution in [3.05, 3.63) is 29.8 Å². The number of ether oxygens (including phenoxy) is 1. The minimum atomic E-state index is -0.251. The van der Waals surface area contributed by atoms with Crippen LogP contribution in [0.5, 0.6) is 5.75 Å². The normalized spacial score (nSPS) is 15.6. The number of unbranched alkanes of at least 4 members (excludes halogenated alkanes) is 1. The van der Waals surface area contributed by atoms with Crippen molar-refractivity contribution in [2.75, 3.05) is 33.3 Å². The molecule has 6 nitrogen and oxygen atoms in total. The summed E-state index contributed by atoms with van der Waals surface area (Å²) in [6, 6.07) is 7.20. The molecular weight excluding hydrogens is 318 g/mol. The first-order valence-electron chi connectivity index (χ1n) is 9.07. The minimum absolute atomic E-state index is 0.0000753. The second-order valence-electron chi connectivity index (χ2n) is 6.55. The Balaban J connectivity index is 1.71. The van der Waals surface area contributed by atoms with E-state index in [1.807, 2.05) is 0 Å². The third kappa shape index (κ3) is 6.74. The highest BCUT2D eigenvalue weighted by atomic mass is 16.5. The maximum atomic E-state index is 12.1. The number of amides is 2. The first-order chi connectivity index (χ1) is 12.1. The first-order valence-corrected chi connectivity index (χ1v) is 9.07. The van der Waals surface area contributed by atoms with E-state index < -0.39 is 0 Å². The van der Waals surface area contributed by atoms with Crippen molar-refractivity contribution < 1.29 is 14.3 Å². The topological polar surface area (TPSA) is 70.7 Å². The number of nitrogens with zero attached hydrogens (tertiary/aromatic N) is 1. The van der Waals surface area contributed by atoms with E-state index in [0.29, 0.717) is 12.2 Å². The Hall–Kier alpha value is -2.08. The van der Waals surface area contributed by atoms with Crippen LogP contribution in [-0.2, 0) is 4.79 Å². The third-order valence-corrected chi connectivity index (χ3v) is 4.38. The van der Waals surface area contributed by atoms with Gasteiger partial charge in [0.15, 0.2) is 0 Å². The summed E-state index contributed by atoms with van der Waals surface area (Å²) in [5.74, 6) is 0.367. The summed E-state index contributed by atoms with van der Waals surface area (Å²) >= 11 is 0. The molecule has 138 valence electrons. The first kappa shape index (κ1) is 19.2. The molecule has 0 radical (unpaired) electrons. The van der Waals surface area contributed by atoms with Gasteiger partial charge in [0.25, 0.3) is 5.91 Å². The van der Waals surface area contributed by atoms with E-state index in [1.165, 1.54) is 0 Å². The molecule has 1 aromatic carbocycles. The minimum Gasteiger partial charge on any atom is -0.494 e. The highest BCUT2D eigenvalue weighted by Gasteiger charge is 2.18. The Morgan fingerprint density at radius 3 is 2.52 bits per heavy atom. The zero-order valence-corrected chi connectivity index (χ0v) is 15.2. The number of nitrogens with one attached hydrogen (secondary N) is 2. The van der Waals surface area contributed by atoms with Crippen LogP contribution in [-0.4, -0.2) is 56.0 Å². The van der Waals surface area contributed by atoms with Crippen LogP contribution in [0.4, 0.5) is 0 Å². The largest absolute Gasteiger partial charge is 0.494 e. The Bertz CT molecular complexity index is 552. The number of rotatable bonds is 8. The van der Waals surface area contributed by atoms with E-state index in [1.54, 1.807) is 24.3 Å². The summed E-state index contributed by atoms with van der Waals surface area (Å²) in [6.45, 7) is 4.77. The van der Waals surface area contributed by atoms with Gasteiger partial charge in [0.2, 0.25) is 5.91 Å². The summed E-state index contributed by atoms with van der Waals surface area (Å²) < 4.78 is 5.57. The van der Waals surface area contributed by atoms with Gasteiger partial charge >= 0.3 is 0 Å². The van der Waals surface area contributed by atoms with Crippen LogP contribution in [0.15, 0.2) is 24.3 Å². The summed E-state index contributed by atoms with van der Waals surface area (Å²) in [5, 5.41) is 5.65. The molecule has 0 unspecified atom stereocenters. The fourth-order valence-electron chi connectivity index (χ4n) is 2.73. The lowest BCUT2D eigenvalue weighted by atomic mass is 10.1. The highest BCUT2D eigenvalue weighted by molar-refractivity contribution is 5.96. The predicted molar refractivity (Wildman–Crippen MR) is 97.8 cm³/mol. The average Bonchev–Trinajstić information content (AvgIpc) is 2.62. The molecule has 1 heterocycles. The lowest BCUT2D eigenvalue weighted by Gasteiger charge is -2.29. The van der Waals surface area contributed by atoms with Gasteiger partial charge in [-0.15, -0.1) is 0 Å². The van der Waals surface area contributed by atoms with E-state index in [4.69, 9.17) is 4.74 Å². The quantitative estimate of drug-likeness (QED) is 0.704. The van der Waals surface area contributed by atoms with E-state index in [2.05, 4.69) is 29.5 Å². The lowest BCUT2D eigenvalue weighted by Crippen LogP contribution is -2.46. The summed E-state index contributed by atoms with van der Waals surface area (Å²) in [4.78, 5) is 26.3.